The quantitative estimate of drug-likeness (QED) is 0.673. The zero-order chi connectivity index (χ0) is 15.4. The average molecular weight is 309 g/mol. The summed E-state index contributed by atoms with van der Waals surface area (Å²) in [4.78, 5) is 10.6. The van der Waals surface area contributed by atoms with Gasteiger partial charge in [0.15, 0.2) is 0 Å². The summed E-state index contributed by atoms with van der Waals surface area (Å²) in [6.45, 7) is 0. The third-order valence-electron chi connectivity index (χ3n) is 3.31. The lowest BCUT2D eigenvalue weighted by Crippen LogP contribution is -2.19. The summed E-state index contributed by atoms with van der Waals surface area (Å²) in [6, 6.07) is 10.8. The van der Waals surface area contributed by atoms with Crippen LogP contribution in [0.25, 0.3) is 0 Å². The second-order valence-electron chi connectivity index (χ2n) is 4.60. The Morgan fingerprint density at radius 3 is 2.67 bits per heavy atom. The molecule has 2 aromatic carbocycles. The largest absolute Gasteiger partial charge is 0.313 e. The lowest BCUT2D eigenvalue weighted by Gasteiger charge is -2.17. The fraction of sp³-hybridized carbons (Fsp3) is 0.200. The molecule has 0 aromatic heterocycles. The first-order valence-corrected chi connectivity index (χ1v) is 6.75. The van der Waals surface area contributed by atoms with Crippen molar-refractivity contribution >= 4 is 17.3 Å². The molecule has 0 bridgehead atoms. The molecule has 21 heavy (non-hydrogen) atoms. The predicted molar refractivity (Wildman–Crippen MR) is 80.0 cm³/mol. The summed E-state index contributed by atoms with van der Waals surface area (Å²) < 4.78 is 13.6. The summed E-state index contributed by atoms with van der Waals surface area (Å²) in [5.74, 6) is -0.503. The molecule has 0 aliphatic rings. The maximum atomic E-state index is 13.6. The Morgan fingerprint density at radius 1 is 1.33 bits per heavy atom. The van der Waals surface area contributed by atoms with Crippen molar-refractivity contribution in [1.82, 2.24) is 5.32 Å². The summed E-state index contributed by atoms with van der Waals surface area (Å²) >= 11 is 5.67. The molecule has 1 atom stereocenters. The molecule has 0 saturated carbocycles. The molecule has 0 saturated heterocycles. The van der Waals surface area contributed by atoms with Gasteiger partial charge in [-0.3, -0.25) is 10.1 Å². The van der Waals surface area contributed by atoms with E-state index < -0.39 is 10.7 Å². The van der Waals surface area contributed by atoms with Crippen molar-refractivity contribution in [3.05, 3.63) is 74.5 Å². The molecule has 0 amide bonds. The fourth-order valence-corrected chi connectivity index (χ4v) is 2.31. The molecule has 0 radical (unpaired) electrons. The second kappa shape index (κ2) is 6.65. The Bertz CT molecular complexity index is 664. The number of halogens is 2. The summed E-state index contributed by atoms with van der Waals surface area (Å²) in [7, 11) is 1.73. The van der Waals surface area contributed by atoms with Crippen molar-refractivity contribution in [3.63, 3.8) is 0 Å². The van der Waals surface area contributed by atoms with E-state index in [4.69, 9.17) is 11.6 Å². The lowest BCUT2D eigenvalue weighted by molar-refractivity contribution is -0.385. The molecule has 0 aliphatic heterocycles. The number of nitrogens with zero attached hydrogens (tertiary/aromatic N) is 1. The van der Waals surface area contributed by atoms with E-state index in [1.807, 2.05) is 0 Å². The normalized spacial score (nSPS) is 12.1. The molecule has 2 rings (SSSR count). The zero-order valence-corrected chi connectivity index (χ0v) is 12.1. The van der Waals surface area contributed by atoms with Crippen LogP contribution in [0.4, 0.5) is 10.1 Å². The molecule has 0 aliphatic carbocycles. The number of rotatable bonds is 5. The first-order chi connectivity index (χ1) is 10.0. The number of nitro groups is 1. The Kier molecular flexibility index (Phi) is 4.88. The highest BCUT2D eigenvalue weighted by Gasteiger charge is 2.18. The van der Waals surface area contributed by atoms with E-state index in [1.54, 1.807) is 31.3 Å². The smallest absolute Gasteiger partial charge is 0.272 e. The van der Waals surface area contributed by atoms with Crippen LogP contribution >= 0.6 is 11.6 Å². The van der Waals surface area contributed by atoms with Crippen LogP contribution in [0.15, 0.2) is 42.5 Å². The van der Waals surface area contributed by atoms with E-state index in [9.17, 15) is 14.5 Å². The minimum absolute atomic E-state index is 0.0549. The van der Waals surface area contributed by atoms with E-state index in [0.29, 0.717) is 17.5 Å². The Balaban J connectivity index is 2.31. The number of benzene rings is 2. The van der Waals surface area contributed by atoms with Gasteiger partial charge < -0.3 is 5.32 Å². The van der Waals surface area contributed by atoms with Crippen molar-refractivity contribution in [1.29, 1.82) is 0 Å². The van der Waals surface area contributed by atoms with Gasteiger partial charge in [0, 0.05) is 17.7 Å². The molecule has 1 N–H and O–H groups in total. The topological polar surface area (TPSA) is 55.2 Å². The first kappa shape index (κ1) is 15.4. The highest BCUT2D eigenvalue weighted by atomic mass is 35.5. The number of hydrogen-bond acceptors (Lipinski definition) is 3. The molecule has 110 valence electrons. The van der Waals surface area contributed by atoms with Crippen LogP contribution in [0.5, 0.6) is 0 Å². The van der Waals surface area contributed by atoms with Gasteiger partial charge in [-0.1, -0.05) is 35.9 Å². The number of hydrogen-bond donors (Lipinski definition) is 1. The van der Waals surface area contributed by atoms with Crippen LogP contribution in [0, 0.1) is 15.9 Å². The van der Waals surface area contributed by atoms with Gasteiger partial charge in [0.25, 0.3) is 5.69 Å². The maximum Gasteiger partial charge on any atom is 0.272 e. The SMILES string of the molecule is CNC(Cc1ccccc1[N+](=O)[O-])c1ccc(Cl)c(F)c1. The molecular formula is C15H14ClFN2O2. The number of nitro benzene ring substituents is 1. The van der Waals surface area contributed by atoms with Crippen molar-refractivity contribution in [2.75, 3.05) is 7.05 Å². The van der Waals surface area contributed by atoms with E-state index in [0.717, 1.165) is 0 Å². The standard InChI is InChI=1S/C15H14ClFN2O2/c1-18-14(10-6-7-12(16)13(17)8-10)9-11-4-2-3-5-15(11)19(20)21/h2-8,14,18H,9H2,1H3. The van der Waals surface area contributed by atoms with Gasteiger partial charge in [-0.2, -0.15) is 0 Å². The van der Waals surface area contributed by atoms with Gasteiger partial charge >= 0.3 is 0 Å². The van der Waals surface area contributed by atoms with Crippen molar-refractivity contribution in [2.24, 2.45) is 0 Å². The highest BCUT2D eigenvalue weighted by molar-refractivity contribution is 6.30. The molecule has 0 heterocycles. The van der Waals surface area contributed by atoms with Gasteiger partial charge in [-0.25, -0.2) is 4.39 Å². The van der Waals surface area contributed by atoms with Crippen LogP contribution < -0.4 is 5.32 Å². The molecule has 4 nitrogen and oxygen atoms in total. The average Bonchev–Trinajstić information content (AvgIpc) is 2.48. The van der Waals surface area contributed by atoms with E-state index in [1.165, 1.54) is 18.2 Å². The monoisotopic (exact) mass is 308 g/mol. The van der Waals surface area contributed by atoms with E-state index >= 15 is 0 Å². The Hall–Kier alpha value is -1.98. The van der Waals surface area contributed by atoms with Gasteiger partial charge in [-0.15, -0.1) is 0 Å². The molecule has 2 aromatic rings. The Morgan fingerprint density at radius 2 is 2.05 bits per heavy atom. The maximum absolute atomic E-state index is 13.6. The summed E-state index contributed by atoms with van der Waals surface area (Å²) in [6.07, 6.45) is 0.384. The van der Waals surface area contributed by atoms with E-state index in [-0.39, 0.29) is 16.8 Å². The summed E-state index contributed by atoms with van der Waals surface area (Å²) in [5.41, 5.74) is 1.35. The van der Waals surface area contributed by atoms with Gasteiger partial charge in [0.05, 0.1) is 9.95 Å². The van der Waals surface area contributed by atoms with Crippen molar-refractivity contribution < 1.29 is 9.31 Å². The van der Waals surface area contributed by atoms with Crippen LogP contribution in [0.2, 0.25) is 5.02 Å². The van der Waals surface area contributed by atoms with Crippen LogP contribution in [0.3, 0.4) is 0 Å². The first-order valence-electron chi connectivity index (χ1n) is 6.37. The van der Waals surface area contributed by atoms with Gasteiger partial charge in [0.1, 0.15) is 5.82 Å². The van der Waals surface area contributed by atoms with Crippen LogP contribution in [-0.2, 0) is 6.42 Å². The molecule has 0 spiro atoms. The van der Waals surface area contributed by atoms with Crippen molar-refractivity contribution in [2.45, 2.75) is 12.5 Å². The number of para-hydroxylation sites is 1. The fourth-order valence-electron chi connectivity index (χ4n) is 2.20. The van der Waals surface area contributed by atoms with Crippen LogP contribution in [0.1, 0.15) is 17.2 Å². The lowest BCUT2D eigenvalue weighted by atomic mass is 9.98. The second-order valence-corrected chi connectivity index (χ2v) is 5.01. The third kappa shape index (κ3) is 3.56. The zero-order valence-electron chi connectivity index (χ0n) is 11.3. The predicted octanol–water partition coefficient (Wildman–Crippen LogP) is 3.89. The molecule has 0 fully saturated rings. The van der Waals surface area contributed by atoms with Gasteiger partial charge in [0.2, 0.25) is 0 Å². The van der Waals surface area contributed by atoms with E-state index in [2.05, 4.69) is 5.32 Å². The van der Waals surface area contributed by atoms with Crippen LogP contribution in [-0.4, -0.2) is 12.0 Å². The van der Waals surface area contributed by atoms with Crippen molar-refractivity contribution in [3.8, 4) is 0 Å². The number of nitrogens with one attached hydrogen (secondary N) is 1. The Labute approximate surface area is 126 Å². The summed E-state index contributed by atoms with van der Waals surface area (Å²) in [5, 5.41) is 14.1. The highest BCUT2D eigenvalue weighted by Crippen LogP contribution is 2.26. The molecule has 1 unspecified atom stereocenters. The molecule has 6 heteroatoms. The molecular weight excluding hydrogens is 295 g/mol. The minimum atomic E-state index is -0.503. The van der Waals surface area contributed by atoms with Gasteiger partial charge in [-0.05, 0) is 31.2 Å². The minimum Gasteiger partial charge on any atom is -0.313 e. The number of likely N-dealkylation sites (N-methyl/N-ethyl adjacent to an activating group) is 1. The third-order valence-corrected chi connectivity index (χ3v) is 3.61.